The van der Waals surface area contributed by atoms with Crippen molar-refractivity contribution < 1.29 is 19.4 Å². The number of phenolic OH excluding ortho intramolecular Hbond substituents is 1. The highest BCUT2D eigenvalue weighted by atomic mass is 32.1. The summed E-state index contributed by atoms with van der Waals surface area (Å²) in [5.74, 6) is 0.202. The average Bonchev–Trinajstić information content (AvgIpc) is 2.73. The Labute approximate surface area is 121 Å². The number of ether oxygens (including phenoxy) is 2. The Morgan fingerprint density at radius 2 is 2.30 bits per heavy atom. The van der Waals surface area contributed by atoms with E-state index in [1.54, 1.807) is 30.4 Å². The average molecular weight is 291 g/mol. The minimum atomic E-state index is -0.382. The van der Waals surface area contributed by atoms with Crippen LogP contribution in [0, 0.1) is 0 Å². The number of carbonyl (C=O) groups excluding carboxylic acids is 1. The highest BCUT2D eigenvalue weighted by Crippen LogP contribution is 2.30. The van der Waals surface area contributed by atoms with E-state index >= 15 is 0 Å². The zero-order chi connectivity index (χ0) is 14.5. The maximum absolute atomic E-state index is 11.3. The number of carbonyl (C=O) groups is 1. The molecule has 1 aromatic rings. The van der Waals surface area contributed by atoms with Crippen LogP contribution in [0.4, 0.5) is 0 Å². The lowest BCUT2D eigenvalue weighted by Crippen LogP contribution is -2.18. The summed E-state index contributed by atoms with van der Waals surface area (Å²) in [7, 11) is 0. The van der Waals surface area contributed by atoms with Crippen molar-refractivity contribution in [3.05, 3.63) is 41.7 Å². The highest BCUT2D eigenvalue weighted by molar-refractivity contribution is 7.80. The number of phenols is 1. The molecule has 0 bridgehead atoms. The molecule has 1 saturated heterocycles. The van der Waals surface area contributed by atoms with Crippen LogP contribution >= 0.6 is 12.2 Å². The predicted octanol–water partition coefficient (Wildman–Crippen LogP) is 2.12. The number of benzene rings is 1. The number of thiocarbonyl (C=S) groups is 1. The molecule has 2 rings (SSSR count). The van der Waals surface area contributed by atoms with E-state index in [0.29, 0.717) is 17.9 Å². The van der Waals surface area contributed by atoms with Gasteiger partial charge >= 0.3 is 0 Å². The Kier molecular flexibility index (Phi) is 4.37. The Morgan fingerprint density at radius 3 is 2.95 bits per heavy atom. The Hall–Kier alpha value is -2.34. The van der Waals surface area contributed by atoms with Crippen molar-refractivity contribution in [2.45, 2.75) is 6.92 Å². The molecule has 6 heteroatoms. The molecule has 5 nitrogen and oxygen atoms in total. The van der Waals surface area contributed by atoms with Gasteiger partial charge in [0.15, 0.2) is 17.3 Å². The standard InChI is InChI=1S/C14H13NO4S/c1-2-18-10-7-3-5-9(12(10)16)6-4-8-11-13(17)15-14(20)19-11/h3-8,16H,2H2,1H3,(H,15,17,20). The molecule has 1 aromatic carbocycles. The molecule has 1 heterocycles. The van der Waals surface area contributed by atoms with Gasteiger partial charge in [-0.05, 0) is 31.3 Å². The molecule has 104 valence electrons. The molecule has 0 atom stereocenters. The van der Waals surface area contributed by atoms with E-state index in [4.69, 9.17) is 21.7 Å². The van der Waals surface area contributed by atoms with Crippen molar-refractivity contribution in [3.8, 4) is 11.5 Å². The summed E-state index contributed by atoms with van der Waals surface area (Å²) in [6.07, 6.45) is 4.71. The SMILES string of the molecule is CCOc1cccc(C=CC=C2OC(=S)NC2=O)c1O. The van der Waals surface area contributed by atoms with Crippen molar-refractivity contribution in [2.24, 2.45) is 0 Å². The number of hydrogen-bond acceptors (Lipinski definition) is 5. The molecule has 1 aliphatic heterocycles. The Morgan fingerprint density at radius 1 is 1.50 bits per heavy atom. The van der Waals surface area contributed by atoms with Crippen molar-refractivity contribution in [3.63, 3.8) is 0 Å². The van der Waals surface area contributed by atoms with Crippen LogP contribution in [0.2, 0.25) is 0 Å². The smallest absolute Gasteiger partial charge is 0.294 e. The second-order valence-corrected chi connectivity index (χ2v) is 4.23. The largest absolute Gasteiger partial charge is 0.504 e. The topological polar surface area (TPSA) is 67.8 Å². The second kappa shape index (κ2) is 6.21. The second-order valence-electron chi connectivity index (χ2n) is 3.86. The lowest BCUT2D eigenvalue weighted by atomic mass is 10.1. The van der Waals surface area contributed by atoms with Crippen LogP contribution in [-0.4, -0.2) is 22.8 Å². The molecule has 0 saturated carbocycles. The molecule has 20 heavy (non-hydrogen) atoms. The molecular formula is C14H13NO4S. The zero-order valence-corrected chi connectivity index (χ0v) is 11.6. The predicted molar refractivity (Wildman–Crippen MR) is 78.2 cm³/mol. The van der Waals surface area contributed by atoms with Gasteiger partial charge in [0.2, 0.25) is 0 Å². The van der Waals surface area contributed by atoms with Crippen LogP contribution < -0.4 is 10.1 Å². The van der Waals surface area contributed by atoms with Crippen molar-refractivity contribution in [2.75, 3.05) is 6.61 Å². The molecule has 0 aromatic heterocycles. The maximum atomic E-state index is 11.3. The summed E-state index contributed by atoms with van der Waals surface area (Å²) in [4.78, 5) is 11.3. The molecule has 0 unspecified atom stereocenters. The summed E-state index contributed by atoms with van der Waals surface area (Å²) in [6.45, 7) is 2.31. The lowest BCUT2D eigenvalue weighted by Gasteiger charge is -2.07. The van der Waals surface area contributed by atoms with E-state index in [1.165, 1.54) is 6.08 Å². The molecular weight excluding hydrogens is 278 g/mol. The first-order chi connectivity index (χ1) is 9.61. The third-order valence-corrected chi connectivity index (χ3v) is 2.68. The fourth-order valence-electron chi connectivity index (χ4n) is 1.62. The number of rotatable bonds is 4. The van der Waals surface area contributed by atoms with Crippen LogP contribution in [0.25, 0.3) is 6.08 Å². The van der Waals surface area contributed by atoms with Crippen LogP contribution in [0.3, 0.4) is 0 Å². The zero-order valence-electron chi connectivity index (χ0n) is 10.8. The van der Waals surface area contributed by atoms with Gasteiger partial charge in [0.25, 0.3) is 11.1 Å². The number of hydrogen-bond donors (Lipinski definition) is 2. The summed E-state index contributed by atoms with van der Waals surface area (Å²) in [5.41, 5.74) is 0.578. The fourth-order valence-corrected chi connectivity index (χ4v) is 1.80. The molecule has 0 spiro atoms. The van der Waals surface area contributed by atoms with Crippen molar-refractivity contribution in [1.29, 1.82) is 0 Å². The summed E-state index contributed by atoms with van der Waals surface area (Å²) in [6, 6.07) is 5.18. The normalized spacial score (nSPS) is 16.6. The minimum Gasteiger partial charge on any atom is -0.504 e. The number of amides is 1. The van der Waals surface area contributed by atoms with E-state index < -0.39 is 0 Å². The van der Waals surface area contributed by atoms with E-state index in [9.17, 15) is 9.90 Å². The van der Waals surface area contributed by atoms with Gasteiger partial charge in [0.05, 0.1) is 6.61 Å². The molecule has 0 aliphatic carbocycles. The van der Waals surface area contributed by atoms with E-state index in [0.717, 1.165) is 0 Å². The van der Waals surface area contributed by atoms with Crippen LogP contribution in [0.1, 0.15) is 12.5 Å². The Bertz CT molecular complexity index is 607. The van der Waals surface area contributed by atoms with Gasteiger partial charge in [0, 0.05) is 5.56 Å². The van der Waals surface area contributed by atoms with E-state index in [1.807, 2.05) is 6.92 Å². The summed E-state index contributed by atoms with van der Waals surface area (Å²) in [5, 5.41) is 12.4. The maximum Gasteiger partial charge on any atom is 0.294 e. The third kappa shape index (κ3) is 3.16. The first-order valence-corrected chi connectivity index (χ1v) is 6.39. The Balaban J connectivity index is 2.16. The number of para-hydroxylation sites is 1. The molecule has 1 aliphatic rings. The van der Waals surface area contributed by atoms with Gasteiger partial charge < -0.3 is 14.6 Å². The molecule has 1 amide bonds. The van der Waals surface area contributed by atoms with Crippen molar-refractivity contribution >= 4 is 29.4 Å². The molecule has 2 N–H and O–H groups in total. The lowest BCUT2D eigenvalue weighted by molar-refractivity contribution is -0.116. The summed E-state index contributed by atoms with van der Waals surface area (Å²) < 4.78 is 10.3. The van der Waals surface area contributed by atoms with Gasteiger partial charge in [-0.3, -0.25) is 10.1 Å². The van der Waals surface area contributed by atoms with Crippen molar-refractivity contribution in [1.82, 2.24) is 5.32 Å². The van der Waals surface area contributed by atoms with Crippen LogP contribution in [0.5, 0.6) is 11.5 Å². The van der Waals surface area contributed by atoms with E-state index in [2.05, 4.69) is 5.32 Å². The third-order valence-electron chi connectivity index (χ3n) is 2.50. The monoisotopic (exact) mass is 291 g/mol. The highest BCUT2D eigenvalue weighted by Gasteiger charge is 2.22. The fraction of sp³-hybridized carbons (Fsp3) is 0.143. The number of aromatic hydroxyl groups is 1. The minimum absolute atomic E-state index is 0.0378. The van der Waals surface area contributed by atoms with Gasteiger partial charge in [-0.1, -0.05) is 24.3 Å². The van der Waals surface area contributed by atoms with Gasteiger partial charge in [-0.2, -0.15) is 0 Å². The first-order valence-electron chi connectivity index (χ1n) is 5.98. The van der Waals surface area contributed by atoms with Crippen LogP contribution in [-0.2, 0) is 9.53 Å². The van der Waals surface area contributed by atoms with Gasteiger partial charge in [-0.15, -0.1) is 0 Å². The quantitative estimate of drug-likeness (QED) is 0.657. The van der Waals surface area contributed by atoms with Crippen LogP contribution in [0.15, 0.2) is 36.1 Å². The molecule has 1 fully saturated rings. The molecule has 0 radical (unpaired) electrons. The van der Waals surface area contributed by atoms with Gasteiger partial charge in [0.1, 0.15) is 0 Å². The number of allylic oxidation sites excluding steroid dienone is 2. The summed E-state index contributed by atoms with van der Waals surface area (Å²) >= 11 is 4.71. The van der Waals surface area contributed by atoms with Gasteiger partial charge in [-0.25, -0.2) is 0 Å². The van der Waals surface area contributed by atoms with E-state index in [-0.39, 0.29) is 22.6 Å². The first kappa shape index (κ1) is 14.1. The number of nitrogens with one attached hydrogen (secondary N) is 1.